The third-order valence-electron chi connectivity index (χ3n) is 1.72. The van der Waals surface area contributed by atoms with Gasteiger partial charge >= 0.3 is 5.97 Å². The molecule has 0 unspecified atom stereocenters. The van der Waals surface area contributed by atoms with E-state index < -0.39 is 0 Å². The molecule has 0 aliphatic carbocycles. The average molecular weight is 225 g/mol. The lowest BCUT2D eigenvalue weighted by atomic mass is 10.4. The van der Waals surface area contributed by atoms with Crippen molar-refractivity contribution in [1.29, 1.82) is 0 Å². The number of nitrogens with zero attached hydrogens (tertiary/aromatic N) is 2. The van der Waals surface area contributed by atoms with Gasteiger partial charge in [-0.05, 0) is 6.92 Å². The lowest BCUT2D eigenvalue weighted by Crippen LogP contribution is -2.13. The molecule has 0 saturated carbocycles. The summed E-state index contributed by atoms with van der Waals surface area (Å²) in [6.45, 7) is 2.61. The van der Waals surface area contributed by atoms with Crippen LogP contribution in [0.3, 0.4) is 0 Å². The third-order valence-corrected chi connectivity index (χ3v) is 1.72. The first-order chi connectivity index (χ1) is 7.76. The van der Waals surface area contributed by atoms with Crippen LogP contribution in [0.4, 0.5) is 11.6 Å². The molecule has 0 saturated heterocycles. The van der Waals surface area contributed by atoms with E-state index >= 15 is 0 Å². The van der Waals surface area contributed by atoms with Crippen molar-refractivity contribution in [3.8, 4) is 0 Å². The number of esters is 1. The lowest BCUT2D eigenvalue weighted by Gasteiger charge is -2.06. The summed E-state index contributed by atoms with van der Waals surface area (Å²) in [5.74, 6) is 5.96. The highest BCUT2D eigenvalue weighted by atomic mass is 16.5. The van der Waals surface area contributed by atoms with Crippen molar-refractivity contribution < 1.29 is 9.53 Å². The minimum absolute atomic E-state index is 0.240. The summed E-state index contributed by atoms with van der Waals surface area (Å²) in [6.07, 6.45) is 3.33. The molecule has 0 radical (unpaired) electrons. The van der Waals surface area contributed by atoms with Crippen LogP contribution in [0.1, 0.15) is 13.3 Å². The fourth-order valence-corrected chi connectivity index (χ4v) is 1.05. The number of nitrogen functional groups attached to an aromatic ring is 1. The fraction of sp³-hybridized carbons (Fsp3) is 0.444. The normalized spacial score (nSPS) is 9.62. The largest absolute Gasteiger partial charge is 0.466 e. The molecule has 0 amide bonds. The molecule has 7 heteroatoms. The van der Waals surface area contributed by atoms with Gasteiger partial charge in [-0.3, -0.25) is 9.78 Å². The zero-order valence-electron chi connectivity index (χ0n) is 9.06. The second-order valence-electron chi connectivity index (χ2n) is 2.92. The SMILES string of the molecule is CCOC(=O)CCNc1cncc(NN)n1. The first kappa shape index (κ1) is 12.2. The number of nitrogens with one attached hydrogen (secondary N) is 2. The summed E-state index contributed by atoms with van der Waals surface area (Å²) in [4.78, 5) is 19.0. The molecule has 16 heavy (non-hydrogen) atoms. The number of anilines is 2. The van der Waals surface area contributed by atoms with Gasteiger partial charge in [-0.2, -0.15) is 0 Å². The molecular formula is C9H15N5O2. The quantitative estimate of drug-likeness (QED) is 0.359. The van der Waals surface area contributed by atoms with Crippen LogP contribution in [0.25, 0.3) is 0 Å². The van der Waals surface area contributed by atoms with Crippen molar-refractivity contribution in [1.82, 2.24) is 9.97 Å². The van der Waals surface area contributed by atoms with Gasteiger partial charge in [-0.15, -0.1) is 0 Å². The molecule has 0 bridgehead atoms. The molecule has 4 N–H and O–H groups in total. The Morgan fingerprint density at radius 2 is 2.25 bits per heavy atom. The summed E-state index contributed by atoms with van der Waals surface area (Å²) >= 11 is 0. The van der Waals surface area contributed by atoms with Crippen LogP contribution in [-0.4, -0.2) is 29.1 Å². The van der Waals surface area contributed by atoms with Crippen molar-refractivity contribution in [3.63, 3.8) is 0 Å². The summed E-state index contributed by atoms with van der Waals surface area (Å²) in [5.41, 5.74) is 2.38. The highest BCUT2D eigenvalue weighted by Crippen LogP contribution is 2.04. The van der Waals surface area contributed by atoms with Gasteiger partial charge in [0, 0.05) is 6.54 Å². The molecular weight excluding hydrogens is 210 g/mol. The number of carbonyl (C=O) groups is 1. The summed E-state index contributed by atoms with van der Waals surface area (Å²) in [7, 11) is 0. The number of hydrogen-bond acceptors (Lipinski definition) is 7. The number of nitrogens with two attached hydrogens (primary N) is 1. The minimum Gasteiger partial charge on any atom is -0.466 e. The minimum atomic E-state index is -0.240. The van der Waals surface area contributed by atoms with Gasteiger partial charge in [-0.25, -0.2) is 10.8 Å². The Bertz CT molecular complexity index is 344. The summed E-state index contributed by atoms with van der Waals surface area (Å²) < 4.78 is 4.78. The van der Waals surface area contributed by atoms with Gasteiger partial charge in [0.2, 0.25) is 0 Å². The second-order valence-corrected chi connectivity index (χ2v) is 2.92. The standard InChI is InChI=1S/C9H15N5O2/c1-2-16-9(15)3-4-12-7-5-11-6-8(13-7)14-10/h5-6H,2-4,10H2,1H3,(H2,12,13,14). The lowest BCUT2D eigenvalue weighted by molar-refractivity contribution is -0.142. The monoisotopic (exact) mass is 225 g/mol. The molecule has 0 aliphatic heterocycles. The zero-order valence-corrected chi connectivity index (χ0v) is 9.06. The Morgan fingerprint density at radius 1 is 1.50 bits per heavy atom. The molecule has 1 aromatic heterocycles. The van der Waals surface area contributed by atoms with Crippen LogP contribution >= 0.6 is 0 Å². The molecule has 1 aromatic rings. The molecule has 0 aliphatic rings. The molecule has 0 fully saturated rings. The van der Waals surface area contributed by atoms with E-state index in [1.165, 1.54) is 6.20 Å². The molecule has 0 aromatic carbocycles. The van der Waals surface area contributed by atoms with Crippen LogP contribution in [0, 0.1) is 0 Å². The van der Waals surface area contributed by atoms with Crippen LogP contribution in [-0.2, 0) is 9.53 Å². The first-order valence-electron chi connectivity index (χ1n) is 4.94. The first-order valence-corrected chi connectivity index (χ1v) is 4.94. The van der Waals surface area contributed by atoms with E-state index in [0.29, 0.717) is 24.8 Å². The molecule has 7 nitrogen and oxygen atoms in total. The summed E-state index contributed by atoms with van der Waals surface area (Å²) in [5, 5.41) is 2.94. The Kier molecular flexibility index (Phi) is 5.00. The Balaban J connectivity index is 2.34. The van der Waals surface area contributed by atoms with Gasteiger partial charge in [0.25, 0.3) is 0 Å². The van der Waals surface area contributed by atoms with E-state index in [9.17, 15) is 4.79 Å². The zero-order chi connectivity index (χ0) is 11.8. The van der Waals surface area contributed by atoms with Crippen LogP contribution in [0.5, 0.6) is 0 Å². The van der Waals surface area contributed by atoms with E-state index in [-0.39, 0.29) is 12.4 Å². The number of ether oxygens (including phenoxy) is 1. The highest BCUT2D eigenvalue weighted by Gasteiger charge is 2.01. The molecule has 88 valence electrons. The number of hydrogen-bond donors (Lipinski definition) is 3. The average Bonchev–Trinajstić information content (AvgIpc) is 2.30. The van der Waals surface area contributed by atoms with Crippen LogP contribution in [0.2, 0.25) is 0 Å². The molecule has 0 atom stereocenters. The Hall–Kier alpha value is -1.89. The third kappa shape index (κ3) is 4.09. The maximum absolute atomic E-state index is 11.0. The Morgan fingerprint density at radius 3 is 2.94 bits per heavy atom. The van der Waals surface area contributed by atoms with Crippen molar-refractivity contribution in [3.05, 3.63) is 12.4 Å². The van der Waals surface area contributed by atoms with E-state index in [0.717, 1.165) is 0 Å². The van der Waals surface area contributed by atoms with Crippen molar-refractivity contribution in [2.75, 3.05) is 23.9 Å². The fourth-order valence-electron chi connectivity index (χ4n) is 1.05. The van der Waals surface area contributed by atoms with Gasteiger partial charge in [0.15, 0.2) is 5.82 Å². The molecule has 1 heterocycles. The number of hydrazine groups is 1. The molecule has 0 spiro atoms. The van der Waals surface area contributed by atoms with Crippen molar-refractivity contribution in [2.24, 2.45) is 5.84 Å². The highest BCUT2D eigenvalue weighted by molar-refractivity contribution is 5.69. The van der Waals surface area contributed by atoms with Crippen molar-refractivity contribution >= 4 is 17.6 Å². The van der Waals surface area contributed by atoms with Gasteiger partial charge in [0.05, 0.1) is 25.4 Å². The topological polar surface area (TPSA) is 102 Å². The van der Waals surface area contributed by atoms with Gasteiger partial charge in [0.1, 0.15) is 5.82 Å². The predicted octanol–water partition coefficient (Wildman–Crippen LogP) is 0.127. The van der Waals surface area contributed by atoms with Crippen molar-refractivity contribution in [2.45, 2.75) is 13.3 Å². The molecule has 1 rings (SSSR count). The maximum atomic E-state index is 11.0. The van der Waals surface area contributed by atoms with Crippen LogP contribution < -0.4 is 16.6 Å². The second kappa shape index (κ2) is 6.57. The number of aromatic nitrogens is 2. The van der Waals surface area contributed by atoms with Gasteiger partial charge < -0.3 is 15.5 Å². The Labute approximate surface area is 93.4 Å². The number of rotatable bonds is 6. The van der Waals surface area contributed by atoms with E-state index in [2.05, 4.69) is 20.7 Å². The summed E-state index contributed by atoms with van der Waals surface area (Å²) in [6, 6.07) is 0. The number of carbonyl (C=O) groups excluding carboxylic acids is 1. The van der Waals surface area contributed by atoms with E-state index in [1.54, 1.807) is 13.1 Å². The van der Waals surface area contributed by atoms with Gasteiger partial charge in [-0.1, -0.05) is 0 Å². The predicted molar refractivity (Wildman–Crippen MR) is 59.6 cm³/mol. The van der Waals surface area contributed by atoms with E-state index in [1.807, 2.05) is 0 Å². The smallest absolute Gasteiger partial charge is 0.307 e. The maximum Gasteiger partial charge on any atom is 0.307 e. The van der Waals surface area contributed by atoms with E-state index in [4.69, 9.17) is 10.6 Å². The van der Waals surface area contributed by atoms with Crippen LogP contribution in [0.15, 0.2) is 12.4 Å².